The maximum Gasteiger partial charge on any atom is 0.416 e. The topological polar surface area (TPSA) is 56.7 Å². The zero-order valence-electron chi connectivity index (χ0n) is 8.86. The van der Waals surface area contributed by atoms with Gasteiger partial charge in [0.15, 0.2) is 5.82 Å². The molecule has 1 heterocycles. The van der Waals surface area contributed by atoms with Crippen molar-refractivity contribution in [1.82, 2.24) is 14.8 Å². The third kappa shape index (κ3) is 2.08. The van der Waals surface area contributed by atoms with Crippen LogP contribution in [0.5, 0.6) is 0 Å². The van der Waals surface area contributed by atoms with Gasteiger partial charge in [-0.1, -0.05) is 0 Å². The summed E-state index contributed by atoms with van der Waals surface area (Å²) in [5.41, 5.74) is 5.34. The van der Waals surface area contributed by atoms with Gasteiger partial charge in [-0.15, -0.1) is 10.2 Å². The van der Waals surface area contributed by atoms with E-state index in [4.69, 9.17) is 5.73 Å². The summed E-state index contributed by atoms with van der Waals surface area (Å²) in [7, 11) is 1.63. The molecule has 7 heteroatoms. The molecule has 0 aliphatic carbocycles. The number of halogens is 3. The molecule has 1 aromatic heterocycles. The van der Waals surface area contributed by atoms with Crippen LogP contribution < -0.4 is 5.73 Å². The monoisotopic (exact) mass is 242 g/mol. The summed E-state index contributed by atoms with van der Waals surface area (Å²) >= 11 is 0. The van der Waals surface area contributed by atoms with Crippen LogP contribution in [0.4, 0.5) is 18.9 Å². The lowest BCUT2D eigenvalue weighted by atomic mass is 10.1. The molecule has 0 bridgehead atoms. The van der Waals surface area contributed by atoms with Crippen molar-refractivity contribution >= 4 is 5.69 Å². The summed E-state index contributed by atoms with van der Waals surface area (Å²) in [4.78, 5) is 0. The third-order valence-corrected chi connectivity index (χ3v) is 2.33. The first-order chi connectivity index (χ1) is 7.89. The molecule has 0 aliphatic heterocycles. The Morgan fingerprint density at radius 1 is 1.29 bits per heavy atom. The van der Waals surface area contributed by atoms with Crippen LogP contribution in [0.3, 0.4) is 0 Å². The van der Waals surface area contributed by atoms with E-state index >= 15 is 0 Å². The van der Waals surface area contributed by atoms with E-state index in [0.717, 1.165) is 12.1 Å². The number of nitrogens with two attached hydrogens (primary N) is 1. The Morgan fingerprint density at radius 2 is 2.00 bits per heavy atom. The third-order valence-electron chi connectivity index (χ3n) is 2.33. The molecule has 0 atom stereocenters. The van der Waals surface area contributed by atoms with Gasteiger partial charge in [-0.25, -0.2) is 0 Å². The van der Waals surface area contributed by atoms with Crippen LogP contribution in [0.25, 0.3) is 11.4 Å². The quantitative estimate of drug-likeness (QED) is 0.779. The standard InChI is InChI=1S/C10H9F3N4/c1-17-5-15-16-9(17)7-4-6(10(11,12)13)2-3-8(7)14/h2-5H,14H2,1H3. The van der Waals surface area contributed by atoms with E-state index in [-0.39, 0.29) is 11.3 Å². The van der Waals surface area contributed by atoms with Crippen LogP contribution in [0.1, 0.15) is 5.56 Å². The highest BCUT2D eigenvalue weighted by Crippen LogP contribution is 2.34. The van der Waals surface area contributed by atoms with Gasteiger partial charge in [-0.05, 0) is 18.2 Å². The lowest BCUT2D eigenvalue weighted by Gasteiger charge is -2.10. The summed E-state index contributed by atoms with van der Waals surface area (Å²) in [6.07, 6.45) is -3.00. The second-order valence-electron chi connectivity index (χ2n) is 3.57. The van der Waals surface area contributed by atoms with E-state index in [1.54, 1.807) is 7.05 Å². The molecule has 0 aliphatic rings. The minimum Gasteiger partial charge on any atom is -0.398 e. The van der Waals surface area contributed by atoms with E-state index in [1.165, 1.54) is 17.0 Å². The van der Waals surface area contributed by atoms with Crippen molar-refractivity contribution < 1.29 is 13.2 Å². The zero-order chi connectivity index (χ0) is 12.6. The smallest absolute Gasteiger partial charge is 0.398 e. The van der Waals surface area contributed by atoms with E-state index in [0.29, 0.717) is 5.82 Å². The number of nitrogens with zero attached hydrogens (tertiary/aromatic N) is 3. The number of alkyl halides is 3. The Morgan fingerprint density at radius 3 is 2.53 bits per heavy atom. The lowest BCUT2D eigenvalue weighted by Crippen LogP contribution is -2.06. The number of hydrogen-bond donors (Lipinski definition) is 1. The van der Waals surface area contributed by atoms with Crippen molar-refractivity contribution in [3.63, 3.8) is 0 Å². The molecule has 90 valence electrons. The number of anilines is 1. The fourth-order valence-electron chi connectivity index (χ4n) is 1.45. The summed E-state index contributed by atoms with van der Waals surface area (Å²) in [6, 6.07) is 3.13. The van der Waals surface area contributed by atoms with Crippen molar-refractivity contribution in [3.8, 4) is 11.4 Å². The second-order valence-corrected chi connectivity index (χ2v) is 3.57. The minimum atomic E-state index is -4.40. The molecule has 0 fully saturated rings. The van der Waals surface area contributed by atoms with E-state index < -0.39 is 11.7 Å². The highest BCUT2D eigenvalue weighted by atomic mass is 19.4. The summed E-state index contributed by atoms with van der Waals surface area (Å²) < 4.78 is 39.2. The molecule has 2 rings (SSSR count). The molecule has 0 spiro atoms. The number of aromatic nitrogens is 3. The molecular formula is C10H9F3N4. The molecule has 2 N–H and O–H groups in total. The van der Waals surface area contributed by atoms with Crippen molar-refractivity contribution in [2.75, 3.05) is 5.73 Å². The molecule has 17 heavy (non-hydrogen) atoms. The highest BCUT2D eigenvalue weighted by Gasteiger charge is 2.31. The number of nitrogen functional groups attached to an aromatic ring is 1. The first-order valence-electron chi connectivity index (χ1n) is 4.70. The second kappa shape index (κ2) is 3.76. The van der Waals surface area contributed by atoms with Crippen LogP contribution in [0, 0.1) is 0 Å². The number of hydrogen-bond acceptors (Lipinski definition) is 3. The predicted molar refractivity (Wildman–Crippen MR) is 55.9 cm³/mol. The van der Waals surface area contributed by atoms with Crippen LogP contribution in [0.15, 0.2) is 24.5 Å². The summed E-state index contributed by atoms with van der Waals surface area (Å²) in [5.74, 6) is 0.300. The summed E-state index contributed by atoms with van der Waals surface area (Å²) in [5, 5.41) is 7.34. The van der Waals surface area contributed by atoms with Crippen molar-refractivity contribution in [2.24, 2.45) is 7.05 Å². The highest BCUT2D eigenvalue weighted by molar-refractivity contribution is 5.72. The Balaban J connectivity index is 2.58. The fraction of sp³-hybridized carbons (Fsp3) is 0.200. The SMILES string of the molecule is Cn1cnnc1-c1cc(C(F)(F)F)ccc1N. The molecule has 2 aromatic rings. The lowest BCUT2D eigenvalue weighted by molar-refractivity contribution is -0.137. The number of benzene rings is 1. The van der Waals surface area contributed by atoms with Gasteiger partial charge < -0.3 is 10.3 Å². The molecule has 0 amide bonds. The Labute approximate surface area is 94.9 Å². The van der Waals surface area contributed by atoms with Crippen molar-refractivity contribution in [2.45, 2.75) is 6.18 Å². The van der Waals surface area contributed by atoms with Crippen molar-refractivity contribution in [3.05, 3.63) is 30.1 Å². The van der Waals surface area contributed by atoms with Gasteiger partial charge in [0.05, 0.1) is 5.56 Å². The molecule has 1 aromatic carbocycles. The first-order valence-corrected chi connectivity index (χ1v) is 4.70. The molecule has 0 saturated carbocycles. The van der Waals surface area contributed by atoms with Gasteiger partial charge in [-0.3, -0.25) is 0 Å². The van der Waals surface area contributed by atoms with Gasteiger partial charge in [0, 0.05) is 18.3 Å². The molecule has 0 radical (unpaired) electrons. The maximum atomic E-state index is 12.6. The number of rotatable bonds is 1. The fourth-order valence-corrected chi connectivity index (χ4v) is 1.45. The Kier molecular flexibility index (Phi) is 2.53. The van der Waals surface area contributed by atoms with Gasteiger partial charge in [0.1, 0.15) is 6.33 Å². The Bertz CT molecular complexity index is 545. The Hall–Kier alpha value is -2.05. The predicted octanol–water partition coefficient (Wildman–Crippen LogP) is 2.08. The molecular weight excluding hydrogens is 233 g/mol. The van der Waals surface area contributed by atoms with E-state index in [2.05, 4.69) is 10.2 Å². The van der Waals surface area contributed by atoms with E-state index in [1.807, 2.05) is 0 Å². The molecule has 0 unspecified atom stereocenters. The van der Waals surface area contributed by atoms with Crippen LogP contribution >= 0.6 is 0 Å². The molecule has 4 nitrogen and oxygen atoms in total. The van der Waals surface area contributed by atoms with Crippen LogP contribution in [-0.4, -0.2) is 14.8 Å². The first kappa shape index (κ1) is 11.4. The van der Waals surface area contributed by atoms with Gasteiger partial charge in [-0.2, -0.15) is 13.2 Å². The summed E-state index contributed by atoms with van der Waals surface area (Å²) in [6.45, 7) is 0. The number of aryl methyl sites for hydroxylation is 1. The van der Waals surface area contributed by atoms with Crippen molar-refractivity contribution in [1.29, 1.82) is 0 Å². The largest absolute Gasteiger partial charge is 0.416 e. The minimum absolute atomic E-state index is 0.222. The maximum absolute atomic E-state index is 12.6. The normalized spacial score (nSPS) is 11.8. The molecule has 0 saturated heterocycles. The average molecular weight is 242 g/mol. The van der Waals surface area contributed by atoms with Gasteiger partial charge in [0.25, 0.3) is 0 Å². The zero-order valence-corrected chi connectivity index (χ0v) is 8.86. The average Bonchev–Trinajstić information content (AvgIpc) is 2.63. The van der Waals surface area contributed by atoms with Gasteiger partial charge in [0.2, 0.25) is 0 Å². The van der Waals surface area contributed by atoms with E-state index in [9.17, 15) is 13.2 Å². The van der Waals surface area contributed by atoms with Gasteiger partial charge >= 0.3 is 6.18 Å². The van der Waals surface area contributed by atoms with Crippen LogP contribution in [0.2, 0.25) is 0 Å². The van der Waals surface area contributed by atoms with Crippen LogP contribution in [-0.2, 0) is 13.2 Å².